The summed E-state index contributed by atoms with van der Waals surface area (Å²) < 4.78 is 59.8. The maximum absolute atomic E-state index is 13.9. The van der Waals surface area contributed by atoms with E-state index < -0.39 is 37.8 Å². The summed E-state index contributed by atoms with van der Waals surface area (Å²) in [4.78, 5) is 16.6. The second-order valence-electron chi connectivity index (χ2n) is 9.31. The van der Waals surface area contributed by atoms with Crippen molar-refractivity contribution in [3.8, 4) is 11.1 Å². The zero-order chi connectivity index (χ0) is 28.6. The van der Waals surface area contributed by atoms with Crippen LogP contribution in [0.3, 0.4) is 0 Å². The van der Waals surface area contributed by atoms with E-state index >= 15 is 0 Å². The predicted molar refractivity (Wildman–Crippen MR) is 151 cm³/mol. The molecule has 0 fully saturated rings. The summed E-state index contributed by atoms with van der Waals surface area (Å²) in [5, 5.41) is 2.44. The Hall–Kier alpha value is -3.12. The Labute approximate surface area is 231 Å². The van der Waals surface area contributed by atoms with Crippen LogP contribution in [0, 0.1) is 6.92 Å². The maximum atomic E-state index is 13.9. The van der Waals surface area contributed by atoms with E-state index in [0.717, 1.165) is 28.7 Å². The Morgan fingerprint density at radius 3 is 2.51 bits per heavy atom. The molecule has 0 unspecified atom stereocenters. The fraction of sp³-hybridized carbons (Fsp3) is 0.357. The van der Waals surface area contributed by atoms with E-state index in [-0.39, 0.29) is 30.8 Å². The molecule has 0 aliphatic rings. The van der Waals surface area contributed by atoms with Gasteiger partial charge in [0, 0.05) is 37.9 Å². The van der Waals surface area contributed by atoms with Gasteiger partial charge < -0.3 is 5.32 Å². The second-order valence-corrected chi connectivity index (χ2v) is 12.7. The first-order valence-corrected chi connectivity index (χ1v) is 15.8. The molecule has 210 valence electrons. The molecule has 0 radical (unpaired) electrons. The number of aromatic nitrogens is 1. The fourth-order valence-corrected chi connectivity index (χ4v) is 6.67. The summed E-state index contributed by atoms with van der Waals surface area (Å²) >= 11 is 0. The van der Waals surface area contributed by atoms with Crippen LogP contribution in [0.5, 0.6) is 0 Å². The van der Waals surface area contributed by atoms with E-state index in [0.29, 0.717) is 5.56 Å². The minimum atomic E-state index is -4.18. The summed E-state index contributed by atoms with van der Waals surface area (Å²) in [6.07, 6.45) is 4.59. The lowest BCUT2D eigenvalue weighted by molar-refractivity contribution is -0.121. The first-order chi connectivity index (χ1) is 18.4. The van der Waals surface area contributed by atoms with E-state index in [1.165, 1.54) is 4.31 Å². The van der Waals surface area contributed by atoms with Crippen molar-refractivity contribution >= 4 is 26.0 Å². The molecular weight excluding hydrogens is 538 g/mol. The minimum Gasteiger partial charge on any atom is -0.355 e. The zero-order valence-electron chi connectivity index (χ0n) is 22.4. The number of nitrogens with one attached hydrogen (secondary N) is 1. The normalized spacial score (nSPS) is 12.8. The number of aryl methyl sites for hydroxylation is 2. The van der Waals surface area contributed by atoms with Gasteiger partial charge in [0.15, 0.2) is 0 Å². The fourth-order valence-electron chi connectivity index (χ4n) is 4.42. The van der Waals surface area contributed by atoms with Crippen molar-refractivity contribution in [1.29, 1.82) is 0 Å². The Bertz CT molecular complexity index is 1510. The van der Waals surface area contributed by atoms with E-state index in [1.807, 2.05) is 43.5 Å². The SMILES string of the molecule is CCc1cnccc1-c1cccc([C@H](C)N(CCCC(=O)NCCS(=O)(=O)O)S(=O)(=O)c2ccccc2C)c1. The van der Waals surface area contributed by atoms with Gasteiger partial charge in [0.25, 0.3) is 10.1 Å². The van der Waals surface area contributed by atoms with Crippen LogP contribution in [-0.4, -0.2) is 55.4 Å². The molecule has 3 aromatic rings. The molecular formula is C28H35N3O6S2. The smallest absolute Gasteiger partial charge is 0.266 e. The first kappa shape index (κ1) is 30.4. The van der Waals surface area contributed by atoms with Crippen molar-refractivity contribution < 1.29 is 26.2 Å². The third kappa shape index (κ3) is 8.18. The van der Waals surface area contributed by atoms with Crippen LogP contribution in [0.1, 0.15) is 49.4 Å². The number of nitrogens with zero attached hydrogens (tertiary/aromatic N) is 2. The molecule has 11 heteroatoms. The van der Waals surface area contributed by atoms with Crippen LogP contribution in [-0.2, 0) is 31.4 Å². The summed E-state index contributed by atoms with van der Waals surface area (Å²) in [5.41, 5.74) is 4.52. The highest BCUT2D eigenvalue weighted by Gasteiger charge is 2.31. The molecule has 2 N–H and O–H groups in total. The summed E-state index contributed by atoms with van der Waals surface area (Å²) in [5.74, 6) is -1.01. The van der Waals surface area contributed by atoms with Crippen molar-refractivity contribution in [2.24, 2.45) is 0 Å². The Morgan fingerprint density at radius 2 is 1.82 bits per heavy atom. The second kappa shape index (κ2) is 13.3. The molecule has 0 bridgehead atoms. The highest BCUT2D eigenvalue weighted by molar-refractivity contribution is 7.89. The van der Waals surface area contributed by atoms with Crippen molar-refractivity contribution in [2.45, 2.75) is 51.0 Å². The number of sulfonamides is 1. The molecule has 1 atom stereocenters. The van der Waals surface area contributed by atoms with Gasteiger partial charge in [-0.25, -0.2) is 8.42 Å². The highest BCUT2D eigenvalue weighted by atomic mass is 32.2. The number of benzene rings is 2. The van der Waals surface area contributed by atoms with Gasteiger partial charge in [-0.2, -0.15) is 12.7 Å². The molecule has 3 rings (SSSR count). The Kier molecular flexibility index (Phi) is 10.4. The van der Waals surface area contributed by atoms with E-state index in [1.54, 1.807) is 37.4 Å². The number of carbonyl (C=O) groups excluding carboxylic acids is 1. The molecule has 0 saturated heterocycles. The maximum Gasteiger partial charge on any atom is 0.266 e. The summed E-state index contributed by atoms with van der Waals surface area (Å²) in [6, 6.07) is 16.0. The average molecular weight is 574 g/mol. The van der Waals surface area contributed by atoms with Crippen molar-refractivity contribution in [3.05, 3.63) is 83.7 Å². The number of rotatable bonds is 13. The number of amides is 1. The molecule has 1 heterocycles. The summed E-state index contributed by atoms with van der Waals surface area (Å²) in [7, 11) is -8.11. The number of pyridine rings is 1. The van der Waals surface area contributed by atoms with Gasteiger partial charge in [0.1, 0.15) is 0 Å². The van der Waals surface area contributed by atoms with Gasteiger partial charge in [-0.15, -0.1) is 0 Å². The topological polar surface area (TPSA) is 134 Å². The quantitative estimate of drug-likeness (QED) is 0.293. The van der Waals surface area contributed by atoms with Crippen molar-refractivity contribution in [1.82, 2.24) is 14.6 Å². The molecule has 9 nitrogen and oxygen atoms in total. The van der Waals surface area contributed by atoms with Gasteiger partial charge in [-0.3, -0.25) is 14.3 Å². The highest BCUT2D eigenvalue weighted by Crippen LogP contribution is 2.32. The largest absolute Gasteiger partial charge is 0.355 e. The molecule has 0 aliphatic heterocycles. The average Bonchev–Trinajstić information content (AvgIpc) is 2.90. The lowest BCUT2D eigenvalue weighted by Gasteiger charge is -2.29. The van der Waals surface area contributed by atoms with E-state index in [2.05, 4.69) is 17.2 Å². The minimum absolute atomic E-state index is 0.00506. The molecule has 1 aromatic heterocycles. The lowest BCUT2D eigenvalue weighted by Crippen LogP contribution is -2.36. The van der Waals surface area contributed by atoms with Crippen LogP contribution in [0.2, 0.25) is 0 Å². The predicted octanol–water partition coefficient (Wildman–Crippen LogP) is 4.16. The third-order valence-electron chi connectivity index (χ3n) is 6.54. The molecule has 39 heavy (non-hydrogen) atoms. The first-order valence-electron chi connectivity index (χ1n) is 12.8. The number of hydrogen-bond acceptors (Lipinski definition) is 6. The zero-order valence-corrected chi connectivity index (χ0v) is 24.0. The van der Waals surface area contributed by atoms with Gasteiger partial charge in [-0.1, -0.05) is 43.3 Å². The molecule has 0 spiro atoms. The van der Waals surface area contributed by atoms with Crippen LogP contribution >= 0.6 is 0 Å². The van der Waals surface area contributed by atoms with E-state index in [9.17, 15) is 21.6 Å². The number of hydrogen-bond donors (Lipinski definition) is 2. The standard InChI is InChI=1S/C28H35N3O6S2/c1-4-23-20-29-15-14-26(23)25-11-7-10-24(19-25)22(3)31(39(36,37)27-12-6-5-9-21(27)2)17-8-13-28(32)30-16-18-38(33,34)35/h5-7,9-12,14-15,19-20,22H,4,8,13,16-18H2,1-3H3,(H,30,32)(H,33,34,35)/t22-/m0/s1. The Morgan fingerprint density at radius 1 is 1.08 bits per heavy atom. The van der Waals surface area contributed by atoms with Gasteiger partial charge in [0.05, 0.1) is 10.6 Å². The van der Waals surface area contributed by atoms with Crippen molar-refractivity contribution in [2.75, 3.05) is 18.8 Å². The van der Waals surface area contributed by atoms with Crippen LogP contribution in [0.4, 0.5) is 0 Å². The molecule has 2 aromatic carbocycles. The number of carbonyl (C=O) groups is 1. The van der Waals surface area contributed by atoms with Gasteiger partial charge in [0.2, 0.25) is 15.9 Å². The summed E-state index contributed by atoms with van der Waals surface area (Å²) in [6.45, 7) is 5.48. The van der Waals surface area contributed by atoms with E-state index in [4.69, 9.17) is 4.55 Å². The Balaban J connectivity index is 1.88. The van der Waals surface area contributed by atoms with Crippen LogP contribution in [0.15, 0.2) is 71.9 Å². The van der Waals surface area contributed by atoms with Crippen molar-refractivity contribution in [3.63, 3.8) is 0 Å². The molecule has 0 saturated carbocycles. The third-order valence-corrected chi connectivity index (χ3v) is 9.39. The van der Waals surface area contributed by atoms with Gasteiger partial charge >= 0.3 is 0 Å². The molecule has 1 amide bonds. The van der Waals surface area contributed by atoms with Crippen LogP contribution < -0.4 is 5.32 Å². The van der Waals surface area contributed by atoms with Gasteiger partial charge in [-0.05, 0) is 72.7 Å². The lowest BCUT2D eigenvalue weighted by atomic mass is 9.97. The molecule has 0 aliphatic carbocycles. The van der Waals surface area contributed by atoms with Crippen LogP contribution in [0.25, 0.3) is 11.1 Å². The monoisotopic (exact) mass is 573 g/mol.